The number of aldehydes is 1. The highest BCUT2D eigenvalue weighted by Gasteiger charge is 2.08. The summed E-state index contributed by atoms with van der Waals surface area (Å²) in [5.74, 6) is 0. The molecule has 0 fully saturated rings. The Morgan fingerprint density at radius 3 is 2.24 bits per heavy atom. The van der Waals surface area contributed by atoms with E-state index in [1.807, 2.05) is 37.3 Å². The van der Waals surface area contributed by atoms with Gasteiger partial charge in [-0.3, -0.25) is 14.8 Å². The summed E-state index contributed by atoms with van der Waals surface area (Å²) in [6.45, 7) is 1.98. The lowest BCUT2D eigenvalue weighted by molar-refractivity contribution is 0.112. The van der Waals surface area contributed by atoms with Gasteiger partial charge in [-0.25, -0.2) is 4.98 Å². The van der Waals surface area contributed by atoms with Crippen molar-refractivity contribution < 1.29 is 4.79 Å². The second-order valence-electron chi connectivity index (χ2n) is 4.72. The molecule has 0 bridgehead atoms. The predicted molar refractivity (Wildman–Crippen MR) is 80.8 cm³/mol. The first-order valence-electron chi connectivity index (χ1n) is 6.58. The fourth-order valence-electron chi connectivity index (χ4n) is 2.02. The van der Waals surface area contributed by atoms with Crippen LogP contribution in [0.15, 0.2) is 54.9 Å². The summed E-state index contributed by atoms with van der Waals surface area (Å²) >= 11 is 0. The molecular formula is C17H13N3O. The van der Waals surface area contributed by atoms with Gasteiger partial charge in [0.05, 0.1) is 22.8 Å². The SMILES string of the molecule is Cc1ccc(-c2cc(C=O)cc(-c3ccccn3)n2)nc1. The molecule has 0 aliphatic rings. The van der Waals surface area contributed by atoms with Gasteiger partial charge in [-0.2, -0.15) is 0 Å². The Kier molecular flexibility index (Phi) is 3.51. The maximum Gasteiger partial charge on any atom is 0.150 e. The van der Waals surface area contributed by atoms with Crippen molar-refractivity contribution in [3.05, 3.63) is 66.0 Å². The average Bonchev–Trinajstić information content (AvgIpc) is 2.56. The summed E-state index contributed by atoms with van der Waals surface area (Å²) in [7, 11) is 0. The fourth-order valence-corrected chi connectivity index (χ4v) is 2.02. The number of rotatable bonds is 3. The van der Waals surface area contributed by atoms with Crippen LogP contribution in [0.3, 0.4) is 0 Å². The molecule has 0 aromatic carbocycles. The van der Waals surface area contributed by atoms with Gasteiger partial charge in [0, 0.05) is 18.0 Å². The maximum absolute atomic E-state index is 11.2. The molecule has 3 heterocycles. The second kappa shape index (κ2) is 5.63. The van der Waals surface area contributed by atoms with Crippen LogP contribution in [-0.4, -0.2) is 21.2 Å². The van der Waals surface area contributed by atoms with E-state index in [2.05, 4.69) is 15.0 Å². The Morgan fingerprint density at radius 1 is 0.905 bits per heavy atom. The molecule has 0 unspecified atom stereocenters. The van der Waals surface area contributed by atoms with Gasteiger partial charge in [0.25, 0.3) is 0 Å². The van der Waals surface area contributed by atoms with Gasteiger partial charge in [0.2, 0.25) is 0 Å². The summed E-state index contributed by atoms with van der Waals surface area (Å²) in [6, 6.07) is 12.9. The molecule has 4 heteroatoms. The quantitative estimate of drug-likeness (QED) is 0.688. The molecule has 0 N–H and O–H groups in total. The Balaban J connectivity index is 2.13. The van der Waals surface area contributed by atoms with Crippen molar-refractivity contribution in [3.63, 3.8) is 0 Å². The molecule has 3 aromatic rings. The first-order valence-corrected chi connectivity index (χ1v) is 6.58. The predicted octanol–water partition coefficient (Wildman–Crippen LogP) is 3.33. The van der Waals surface area contributed by atoms with Crippen LogP contribution < -0.4 is 0 Å². The molecule has 0 saturated carbocycles. The Hall–Kier alpha value is -2.88. The summed E-state index contributed by atoms with van der Waals surface area (Å²) in [6.07, 6.45) is 4.30. The summed E-state index contributed by atoms with van der Waals surface area (Å²) in [4.78, 5) is 24.4. The van der Waals surface area contributed by atoms with Crippen LogP contribution in [0.4, 0.5) is 0 Å². The third-order valence-electron chi connectivity index (χ3n) is 3.08. The highest BCUT2D eigenvalue weighted by Crippen LogP contribution is 2.22. The van der Waals surface area contributed by atoms with E-state index in [-0.39, 0.29) is 0 Å². The Labute approximate surface area is 122 Å². The number of carbonyl (C=O) groups excluding carboxylic acids is 1. The zero-order chi connectivity index (χ0) is 14.7. The van der Waals surface area contributed by atoms with Gasteiger partial charge >= 0.3 is 0 Å². The van der Waals surface area contributed by atoms with E-state index in [4.69, 9.17) is 0 Å². The normalized spacial score (nSPS) is 10.3. The second-order valence-corrected chi connectivity index (χ2v) is 4.72. The highest BCUT2D eigenvalue weighted by molar-refractivity contribution is 5.80. The largest absolute Gasteiger partial charge is 0.298 e. The molecule has 102 valence electrons. The third kappa shape index (κ3) is 2.84. The number of aromatic nitrogens is 3. The Morgan fingerprint density at radius 2 is 1.67 bits per heavy atom. The molecule has 21 heavy (non-hydrogen) atoms. The molecule has 0 aliphatic carbocycles. The van der Waals surface area contributed by atoms with Crippen LogP contribution in [0.1, 0.15) is 15.9 Å². The summed E-state index contributed by atoms with van der Waals surface area (Å²) < 4.78 is 0. The number of pyridine rings is 3. The number of aryl methyl sites for hydroxylation is 1. The van der Waals surface area contributed by atoms with Gasteiger partial charge in [0.15, 0.2) is 0 Å². The smallest absolute Gasteiger partial charge is 0.150 e. The molecule has 0 saturated heterocycles. The minimum atomic E-state index is 0.558. The van der Waals surface area contributed by atoms with E-state index < -0.39 is 0 Å². The van der Waals surface area contributed by atoms with Crippen LogP contribution in [0.25, 0.3) is 22.8 Å². The first kappa shape index (κ1) is 13.1. The summed E-state index contributed by atoms with van der Waals surface area (Å²) in [5, 5.41) is 0. The molecule has 0 atom stereocenters. The zero-order valence-electron chi connectivity index (χ0n) is 11.5. The van der Waals surface area contributed by atoms with E-state index in [9.17, 15) is 4.79 Å². The molecular weight excluding hydrogens is 262 g/mol. The zero-order valence-corrected chi connectivity index (χ0v) is 11.5. The van der Waals surface area contributed by atoms with Gasteiger partial charge in [-0.1, -0.05) is 12.1 Å². The maximum atomic E-state index is 11.2. The number of nitrogens with zero attached hydrogens (tertiary/aromatic N) is 3. The van der Waals surface area contributed by atoms with Gasteiger partial charge < -0.3 is 0 Å². The number of hydrogen-bond acceptors (Lipinski definition) is 4. The molecule has 0 radical (unpaired) electrons. The van der Waals surface area contributed by atoms with E-state index in [0.29, 0.717) is 17.0 Å². The van der Waals surface area contributed by atoms with Crippen LogP contribution >= 0.6 is 0 Å². The molecule has 3 aromatic heterocycles. The third-order valence-corrected chi connectivity index (χ3v) is 3.08. The van der Waals surface area contributed by atoms with Crippen LogP contribution in [0.5, 0.6) is 0 Å². The molecule has 3 rings (SSSR count). The minimum Gasteiger partial charge on any atom is -0.298 e. The van der Waals surface area contributed by atoms with Crippen molar-refractivity contribution in [3.8, 4) is 22.8 Å². The van der Waals surface area contributed by atoms with Crippen molar-refractivity contribution in [2.45, 2.75) is 6.92 Å². The van der Waals surface area contributed by atoms with Crippen molar-refractivity contribution >= 4 is 6.29 Å². The standard InChI is InChI=1S/C17H13N3O/c1-12-5-6-15(19-10-12)17-9-13(11-21)8-16(20-17)14-4-2-3-7-18-14/h2-11H,1H3. The van der Waals surface area contributed by atoms with E-state index in [1.165, 1.54) is 0 Å². The number of carbonyl (C=O) groups is 1. The lowest BCUT2D eigenvalue weighted by Crippen LogP contribution is -1.95. The molecule has 4 nitrogen and oxygen atoms in total. The van der Waals surface area contributed by atoms with Crippen molar-refractivity contribution in [1.29, 1.82) is 0 Å². The topological polar surface area (TPSA) is 55.7 Å². The van der Waals surface area contributed by atoms with E-state index in [1.54, 1.807) is 24.5 Å². The lowest BCUT2D eigenvalue weighted by atomic mass is 10.1. The Bertz CT molecular complexity index is 768. The molecule has 0 amide bonds. The average molecular weight is 275 g/mol. The van der Waals surface area contributed by atoms with Gasteiger partial charge in [0.1, 0.15) is 6.29 Å². The first-order chi connectivity index (χ1) is 10.3. The van der Waals surface area contributed by atoms with Crippen molar-refractivity contribution in [2.75, 3.05) is 0 Å². The fraction of sp³-hybridized carbons (Fsp3) is 0.0588. The lowest BCUT2D eigenvalue weighted by Gasteiger charge is -2.06. The monoisotopic (exact) mass is 275 g/mol. The van der Waals surface area contributed by atoms with Crippen LogP contribution in [-0.2, 0) is 0 Å². The molecule has 0 aliphatic heterocycles. The van der Waals surface area contributed by atoms with Crippen molar-refractivity contribution in [2.24, 2.45) is 0 Å². The van der Waals surface area contributed by atoms with E-state index in [0.717, 1.165) is 23.2 Å². The molecule has 0 spiro atoms. The van der Waals surface area contributed by atoms with Crippen LogP contribution in [0.2, 0.25) is 0 Å². The van der Waals surface area contributed by atoms with E-state index >= 15 is 0 Å². The van der Waals surface area contributed by atoms with Crippen LogP contribution in [0, 0.1) is 6.92 Å². The van der Waals surface area contributed by atoms with Crippen molar-refractivity contribution in [1.82, 2.24) is 15.0 Å². The number of hydrogen-bond donors (Lipinski definition) is 0. The minimum absolute atomic E-state index is 0.558. The summed E-state index contributed by atoms with van der Waals surface area (Å²) in [5.41, 5.74) is 4.44. The highest BCUT2D eigenvalue weighted by atomic mass is 16.1. The van der Waals surface area contributed by atoms with Gasteiger partial charge in [-0.15, -0.1) is 0 Å². The van der Waals surface area contributed by atoms with Gasteiger partial charge in [-0.05, 0) is 42.8 Å².